The van der Waals surface area contributed by atoms with E-state index in [-0.39, 0.29) is 24.0 Å². The predicted octanol–water partition coefficient (Wildman–Crippen LogP) is 4.10. The summed E-state index contributed by atoms with van der Waals surface area (Å²) in [6, 6.07) is 6.25. The lowest BCUT2D eigenvalue weighted by Gasteiger charge is -2.29. The second-order valence-electron chi connectivity index (χ2n) is 8.91. The molecule has 1 fully saturated rings. The minimum absolute atomic E-state index is 0.0893. The highest BCUT2D eigenvalue weighted by Gasteiger charge is 2.24. The quantitative estimate of drug-likeness (QED) is 0.459. The van der Waals surface area contributed by atoms with Crippen LogP contribution < -0.4 is 21.7 Å². The average molecular weight is 437 g/mol. The van der Waals surface area contributed by atoms with Crippen molar-refractivity contribution in [3.63, 3.8) is 0 Å². The Hall–Kier alpha value is -3.20. The largest absolute Gasteiger partial charge is 0.350 e. The molecular weight excluding hydrogens is 404 g/mol. The van der Waals surface area contributed by atoms with Crippen LogP contribution in [0.2, 0.25) is 0 Å². The van der Waals surface area contributed by atoms with Crippen LogP contribution >= 0.6 is 0 Å². The minimum atomic E-state index is -0.114. The molecule has 32 heavy (non-hydrogen) atoms. The molecule has 4 rings (SSSR count). The van der Waals surface area contributed by atoms with Gasteiger partial charge in [-0.2, -0.15) is 9.97 Å². The van der Waals surface area contributed by atoms with E-state index < -0.39 is 0 Å². The van der Waals surface area contributed by atoms with E-state index >= 15 is 0 Å². The predicted molar refractivity (Wildman–Crippen MR) is 128 cm³/mol. The van der Waals surface area contributed by atoms with Crippen molar-refractivity contribution < 1.29 is 4.79 Å². The summed E-state index contributed by atoms with van der Waals surface area (Å²) >= 11 is 0. The van der Waals surface area contributed by atoms with Crippen LogP contribution in [0.4, 0.5) is 23.1 Å². The molecule has 0 aliphatic heterocycles. The van der Waals surface area contributed by atoms with Gasteiger partial charge in [-0.3, -0.25) is 4.79 Å². The number of fused-ring (bicyclic) bond motifs is 1. The highest BCUT2D eigenvalue weighted by atomic mass is 16.1. The number of aryl methyl sites for hydroxylation is 1. The molecule has 3 aromatic rings. The SMILES string of the molecule is CC(=O)Nc1cc(C)cc(Nc2nc(N[C@H]3CCCC[C@H]3N)nc3c2ncn3C(C)C)c1. The number of nitrogens with zero attached hydrogens (tertiary/aromatic N) is 4. The van der Waals surface area contributed by atoms with Crippen molar-refractivity contribution in [3.05, 3.63) is 30.1 Å². The molecule has 0 unspecified atom stereocenters. The number of hydrogen-bond acceptors (Lipinski definition) is 7. The highest BCUT2D eigenvalue weighted by Crippen LogP contribution is 2.29. The van der Waals surface area contributed by atoms with Crippen LogP contribution in [0.1, 0.15) is 58.1 Å². The summed E-state index contributed by atoms with van der Waals surface area (Å²) in [7, 11) is 0. The van der Waals surface area contributed by atoms with Gasteiger partial charge in [-0.1, -0.05) is 12.8 Å². The summed E-state index contributed by atoms with van der Waals surface area (Å²) in [5.74, 6) is 1.04. The number of aromatic nitrogens is 4. The highest BCUT2D eigenvalue weighted by molar-refractivity contribution is 5.90. The summed E-state index contributed by atoms with van der Waals surface area (Å²) in [5, 5.41) is 9.70. The van der Waals surface area contributed by atoms with Crippen LogP contribution in [0.5, 0.6) is 0 Å². The molecule has 0 spiro atoms. The molecule has 2 aromatic heterocycles. The van der Waals surface area contributed by atoms with Gasteiger partial charge in [0.2, 0.25) is 11.9 Å². The molecule has 9 nitrogen and oxygen atoms in total. The van der Waals surface area contributed by atoms with Crippen molar-refractivity contribution in [3.8, 4) is 0 Å². The third-order valence-corrected chi connectivity index (χ3v) is 5.77. The molecule has 9 heteroatoms. The first-order valence-electron chi connectivity index (χ1n) is 11.2. The van der Waals surface area contributed by atoms with Crippen molar-refractivity contribution in [1.82, 2.24) is 19.5 Å². The van der Waals surface area contributed by atoms with E-state index in [4.69, 9.17) is 15.7 Å². The van der Waals surface area contributed by atoms with E-state index in [1.165, 1.54) is 6.92 Å². The van der Waals surface area contributed by atoms with Gasteiger partial charge in [0.05, 0.1) is 6.33 Å². The Kier molecular flexibility index (Phi) is 6.27. The molecule has 1 aromatic carbocycles. The zero-order chi connectivity index (χ0) is 22.8. The van der Waals surface area contributed by atoms with Gasteiger partial charge < -0.3 is 26.3 Å². The number of nitrogens with one attached hydrogen (secondary N) is 3. The summed E-state index contributed by atoms with van der Waals surface area (Å²) in [6.07, 6.45) is 6.12. The number of amides is 1. The second-order valence-corrected chi connectivity index (χ2v) is 8.91. The molecule has 2 atom stereocenters. The van der Waals surface area contributed by atoms with Gasteiger partial charge in [0.15, 0.2) is 17.0 Å². The van der Waals surface area contributed by atoms with Crippen molar-refractivity contribution in [2.75, 3.05) is 16.0 Å². The number of nitrogens with two attached hydrogens (primary N) is 1. The number of carbonyl (C=O) groups excluding carboxylic acids is 1. The summed E-state index contributed by atoms with van der Waals surface area (Å²) in [5.41, 5.74) is 10.4. The summed E-state index contributed by atoms with van der Waals surface area (Å²) in [4.78, 5) is 25.7. The van der Waals surface area contributed by atoms with Crippen LogP contribution in [-0.2, 0) is 4.79 Å². The number of rotatable bonds is 6. The Morgan fingerprint density at radius 2 is 1.91 bits per heavy atom. The maximum absolute atomic E-state index is 11.5. The molecule has 0 bridgehead atoms. The maximum Gasteiger partial charge on any atom is 0.227 e. The number of hydrogen-bond donors (Lipinski definition) is 4. The van der Waals surface area contributed by atoms with Gasteiger partial charge in [-0.05, 0) is 57.4 Å². The molecule has 0 radical (unpaired) electrons. The smallest absolute Gasteiger partial charge is 0.227 e. The zero-order valence-electron chi connectivity index (χ0n) is 19.1. The van der Waals surface area contributed by atoms with Crippen LogP contribution in [0.3, 0.4) is 0 Å². The average Bonchev–Trinajstić information content (AvgIpc) is 3.13. The van der Waals surface area contributed by atoms with Crippen LogP contribution in [0.15, 0.2) is 24.5 Å². The number of imidazole rings is 1. The number of carbonyl (C=O) groups is 1. The van der Waals surface area contributed by atoms with Crippen molar-refractivity contribution in [1.29, 1.82) is 0 Å². The molecule has 1 aliphatic carbocycles. The van der Waals surface area contributed by atoms with E-state index in [1.807, 2.05) is 29.7 Å². The third kappa shape index (κ3) is 4.83. The minimum Gasteiger partial charge on any atom is -0.350 e. The fourth-order valence-corrected chi connectivity index (χ4v) is 4.22. The van der Waals surface area contributed by atoms with E-state index in [0.29, 0.717) is 17.3 Å². The van der Waals surface area contributed by atoms with Gasteiger partial charge in [0, 0.05) is 36.4 Å². The van der Waals surface area contributed by atoms with Gasteiger partial charge in [0.1, 0.15) is 0 Å². The molecular formula is C23H32N8O. The summed E-state index contributed by atoms with van der Waals surface area (Å²) < 4.78 is 2.03. The van der Waals surface area contributed by atoms with Gasteiger partial charge >= 0.3 is 0 Å². The Balaban J connectivity index is 1.73. The normalized spacial score (nSPS) is 18.7. The van der Waals surface area contributed by atoms with E-state index in [1.54, 1.807) is 6.33 Å². The Bertz CT molecular complexity index is 1120. The van der Waals surface area contributed by atoms with E-state index in [0.717, 1.165) is 48.3 Å². The molecule has 1 amide bonds. The first-order valence-corrected chi connectivity index (χ1v) is 11.2. The van der Waals surface area contributed by atoms with Crippen molar-refractivity contribution in [2.24, 2.45) is 5.73 Å². The fraction of sp³-hybridized carbons (Fsp3) is 0.478. The Morgan fingerprint density at radius 1 is 1.16 bits per heavy atom. The molecule has 1 saturated carbocycles. The van der Waals surface area contributed by atoms with Gasteiger partial charge in [0.25, 0.3) is 0 Å². The topological polar surface area (TPSA) is 123 Å². The lowest BCUT2D eigenvalue weighted by Crippen LogP contribution is -2.43. The zero-order valence-corrected chi connectivity index (χ0v) is 19.1. The molecule has 170 valence electrons. The van der Waals surface area contributed by atoms with Crippen molar-refractivity contribution in [2.45, 2.75) is 71.5 Å². The van der Waals surface area contributed by atoms with Crippen LogP contribution in [0.25, 0.3) is 11.2 Å². The standard InChI is InChI=1S/C23H32N8O/c1-13(2)31-12-25-20-21(27-17-10-14(3)9-16(11-17)26-15(4)32)29-23(30-22(20)31)28-19-8-6-5-7-18(19)24/h9-13,18-19H,5-8,24H2,1-4H3,(H,26,32)(H2,27,28,29,30)/t18-,19+/m1/s1. The lowest BCUT2D eigenvalue weighted by atomic mass is 9.91. The fourth-order valence-electron chi connectivity index (χ4n) is 4.22. The molecule has 2 heterocycles. The monoisotopic (exact) mass is 436 g/mol. The summed E-state index contributed by atoms with van der Waals surface area (Å²) in [6.45, 7) is 7.67. The van der Waals surface area contributed by atoms with Crippen LogP contribution in [0, 0.1) is 6.92 Å². The molecule has 5 N–H and O–H groups in total. The Morgan fingerprint density at radius 3 is 2.62 bits per heavy atom. The number of anilines is 4. The van der Waals surface area contributed by atoms with E-state index in [2.05, 4.69) is 34.8 Å². The first kappa shape index (κ1) is 22.0. The number of benzene rings is 1. The van der Waals surface area contributed by atoms with Gasteiger partial charge in [-0.25, -0.2) is 4.98 Å². The Labute approximate surface area is 188 Å². The maximum atomic E-state index is 11.5. The third-order valence-electron chi connectivity index (χ3n) is 5.77. The van der Waals surface area contributed by atoms with Crippen molar-refractivity contribution >= 4 is 40.2 Å². The first-order chi connectivity index (χ1) is 15.3. The lowest BCUT2D eigenvalue weighted by molar-refractivity contribution is -0.114. The van der Waals surface area contributed by atoms with Crippen LogP contribution in [-0.4, -0.2) is 37.5 Å². The van der Waals surface area contributed by atoms with E-state index in [9.17, 15) is 4.79 Å². The van der Waals surface area contributed by atoms with Gasteiger partial charge in [-0.15, -0.1) is 0 Å². The molecule has 1 aliphatic rings. The molecule has 0 saturated heterocycles. The second kappa shape index (κ2) is 9.12.